The summed E-state index contributed by atoms with van der Waals surface area (Å²) < 4.78 is 3.50. The SMILES string of the molecule is CC1=CNC(C)C(NC(=O)c2cnn3cc(-c4cnn(C)c4)sc23)=C1. The molecule has 128 valence electrons. The normalized spacial score (nSPS) is 17.2. The lowest BCUT2D eigenvalue weighted by molar-refractivity contribution is 0.0965. The molecule has 3 aromatic rings. The van der Waals surface area contributed by atoms with Crippen LogP contribution in [-0.4, -0.2) is 31.3 Å². The van der Waals surface area contributed by atoms with Gasteiger partial charge in [-0.1, -0.05) is 0 Å². The van der Waals surface area contributed by atoms with Crippen molar-refractivity contribution in [3.63, 3.8) is 0 Å². The average Bonchev–Trinajstić information content (AvgIpc) is 3.25. The fraction of sp³-hybridized carbons (Fsp3) is 0.235. The van der Waals surface area contributed by atoms with Crippen LogP contribution in [0.5, 0.6) is 0 Å². The molecule has 4 heterocycles. The number of allylic oxidation sites excluding steroid dienone is 2. The largest absolute Gasteiger partial charge is 0.383 e. The van der Waals surface area contributed by atoms with E-state index in [4.69, 9.17) is 0 Å². The molecule has 7 nitrogen and oxygen atoms in total. The lowest BCUT2D eigenvalue weighted by atomic mass is 10.1. The number of thiazole rings is 1. The van der Waals surface area contributed by atoms with Crippen molar-refractivity contribution in [2.24, 2.45) is 7.05 Å². The summed E-state index contributed by atoms with van der Waals surface area (Å²) in [6.07, 6.45) is 11.2. The Balaban J connectivity index is 1.64. The van der Waals surface area contributed by atoms with Crippen molar-refractivity contribution < 1.29 is 4.79 Å². The second kappa shape index (κ2) is 5.89. The molecule has 0 spiro atoms. The molecular formula is C17H18N6OS. The molecule has 1 aliphatic heterocycles. The lowest BCUT2D eigenvalue weighted by Gasteiger charge is -2.21. The Morgan fingerprint density at radius 1 is 1.32 bits per heavy atom. The fourth-order valence-electron chi connectivity index (χ4n) is 2.72. The number of rotatable bonds is 3. The number of amides is 1. The van der Waals surface area contributed by atoms with Crippen molar-refractivity contribution in [3.8, 4) is 10.4 Å². The Bertz CT molecular complexity index is 1020. The lowest BCUT2D eigenvalue weighted by Crippen LogP contribution is -2.36. The number of carbonyl (C=O) groups excluding carboxylic acids is 1. The fourth-order valence-corrected chi connectivity index (χ4v) is 3.76. The van der Waals surface area contributed by atoms with E-state index in [1.165, 1.54) is 11.3 Å². The predicted octanol–water partition coefficient (Wildman–Crippen LogP) is 2.31. The maximum absolute atomic E-state index is 12.7. The third-order valence-corrected chi connectivity index (χ3v) is 5.26. The average molecular weight is 354 g/mol. The molecule has 0 bridgehead atoms. The van der Waals surface area contributed by atoms with E-state index in [1.54, 1.807) is 21.6 Å². The van der Waals surface area contributed by atoms with Crippen LogP contribution in [0.4, 0.5) is 0 Å². The first-order valence-electron chi connectivity index (χ1n) is 7.93. The Labute approximate surface area is 148 Å². The van der Waals surface area contributed by atoms with Crippen LogP contribution in [0.25, 0.3) is 15.3 Å². The van der Waals surface area contributed by atoms with E-state index in [1.807, 2.05) is 45.6 Å². The maximum atomic E-state index is 12.7. The van der Waals surface area contributed by atoms with Gasteiger partial charge in [-0.15, -0.1) is 11.3 Å². The van der Waals surface area contributed by atoms with E-state index in [-0.39, 0.29) is 11.9 Å². The molecule has 0 saturated heterocycles. The highest BCUT2D eigenvalue weighted by atomic mass is 32.1. The van der Waals surface area contributed by atoms with Crippen molar-refractivity contribution in [3.05, 3.63) is 53.9 Å². The zero-order valence-electron chi connectivity index (χ0n) is 14.1. The minimum absolute atomic E-state index is 0.0630. The number of nitrogens with zero attached hydrogens (tertiary/aromatic N) is 4. The van der Waals surface area contributed by atoms with E-state index in [0.717, 1.165) is 26.5 Å². The Kier molecular flexibility index (Phi) is 3.69. The van der Waals surface area contributed by atoms with Gasteiger partial charge in [0.2, 0.25) is 0 Å². The van der Waals surface area contributed by atoms with Crippen LogP contribution in [0, 0.1) is 0 Å². The summed E-state index contributed by atoms with van der Waals surface area (Å²) in [4.78, 5) is 14.6. The van der Waals surface area contributed by atoms with E-state index in [2.05, 4.69) is 20.8 Å². The predicted molar refractivity (Wildman–Crippen MR) is 97.2 cm³/mol. The minimum atomic E-state index is -0.149. The van der Waals surface area contributed by atoms with Gasteiger partial charge in [0.05, 0.1) is 28.9 Å². The molecule has 1 atom stereocenters. The highest BCUT2D eigenvalue weighted by molar-refractivity contribution is 7.21. The third-order valence-electron chi connectivity index (χ3n) is 4.10. The molecule has 8 heteroatoms. The Hall–Kier alpha value is -2.87. The van der Waals surface area contributed by atoms with Crippen LogP contribution in [0.15, 0.2) is 48.3 Å². The molecule has 1 aliphatic rings. The summed E-state index contributed by atoms with van der Waals surface area (Å²) in [6.45, 7) is 4.00. The second-order valence-electron chi connectivity index (χ2n) is 6.14. The zero-order valence-corrected chi connectivity index (χ0v) is 15.0. The molecule has 25 heavy (non-hydrogen) atoms. The summed E-state index contributed by atoms with van der Waals surface area (Å²) in [7, 11) is 1.88. The first-order valence-corrected chi connectivity index (χ1v) is 8.75. The van der Waals surface area contributed by atoms with Crippen LogP contribution in [0.3, 0.4) is 0 Å². The standard InChI is InChI=1S/C17H18N6OS/c1-10-4-14(11(2)18-5-10)21-16(24)13-7-20-23-9-15(25-17(13)23)12-6-19-22(3)8-12/h4-9,11,18H,1-3H3,(H,21,24). The molecule has 0 radical (unpaired) electrons. The van der Waals surface area contributed by atoms with Gasteiger partial charge in [-0.3, -0.25) is 9.48 Å². The molecule has 4 rings (SSSR count). The summed E-state index contributed by atoms with van der Waals surface area (Å²) in [5, 5.41) is 14.7. The summed E-state index contributed by atoms with van der Waals surface area (Å²) >= 11 is 1.53. The van der Waals surface area contributed by atoms with Crippen LogP contribution in [-0.2, 0) is 7.05 Å². The number of hydrogen-bond donors (Lipinski definition) is 2. The van der Waals surface area contributed by atoms with Gasteiger partial charge in [-0.25, -0.2) is 4.52 Å². The number of aromatic nitrogens is 4. The highest BCUT2D eigenvalue weighted by Crippen LogP contribution is 2.30. The van der Waals surface area contributed by atoms with Crippen LogP contribution >= 0.6 is 11.3 Å². The number of carbonyl (C=O) groups is 1. The van der Waals surface area contributed by atoms with Crippen molar-refractivity contribution in [2.75, 3.05) is 0 Å². The molecule has 0 aliphatic carbocycles. The maximum Gasteiger partial charge on any atom is 0.260 e. The number of fused-ring (bicyclic) bond motifs is 1. The van der Waals surface area contributed by atoms with E-state index < -0.39 is 0 Å². The molecule has 0 fully saturated rings. The van der Waals surface area contributed by atoms with E-state index in [9.17, 15) is 4.79 Å². The van der Waals surface area contributed by atoms with E-state index in [0.29, 0.717) is 5.56 Å². The van der Waals surface area contributed by atoms with Crippen molar-refractivity contribution >= 4 is 22.1 Å². The van der Waals surface area contributed by atoms with Crippen LogP contribution < -0.4 is 10.6 Å². The number of hydrogen-bond acceptors (Lipinski definition) is 5. The number of dihydropyridines is 1. The van der Waals surface area contributed by atoms with Crippen molar-refractivity contribution in [2.45, 2.75) is 19.9 Å². The third kappa shape index (κ3) is 2.85. The van der Waals surface area contributed by atoms with Crippen molar-refractivity contribution in [1.29, 1.82) is 0 Å². The Morgan fingerprint density at radius 2 is 2.16 bits per heavy atom. The first kappa shape index (κ1) is 15.6. The van der Waals surface area contributed by atoms with Gasteiger partial charge in [-0.05, 0) is 31.7 Å². The number of nitrogens with one attached hydrogen (secondary N) is 2. The summed E-state index contributed by atoms with van der Waals surface area (Å²) in [5.74, 6) is -0.149. The zero-order chi connectivity index (χ0) is 17.6. The van der Waals surface area contributed by atoms with Gasteiger partial charge >= 0.3 is 0 Å². The van der Waals surface area contributed by atoms with Gasteiger partial charge < -0.3 is 10.6 Å². The van der Waals surface area contributed by atoms with Crippen molar-refractivity contribution in [1.82, 2.24) is 30.0 Å². The topological polar surface area (TPSA) is 76.2 Å². The summed E-state index contributed by atoms with van der Waals surface area (Å²) in [5.41, 5.74) is 3.51. The minimum Gasteiger partial charge on any atom is -0.383 e. The first-order chi connectivity index (χ1) is 12.0. The molecule has 0 aromatic carbocycles. The quantitative estimate of drug-likeness (QED) is 0.757. The van der Waals surface area contributed by atoms with Gasteiger partial charge in [0, 0.05) is 30.7 Å². The smallest absolute Gasteiger partial charge is 0.260 e. The molecule has 2 N–H and O–H groups in total. The van der Waals surface area contributed by atoms with Crippen LogP contribution in [0.1, 0.15) is 24.2 Å². The Morgan fingerprint density at radius 3 is 2.92 bits per heavy atom. The molecule has 1 unspecified atom stereocenters. The van der Waals surface area contributed by atoms with Gasteiger partial charge in [-0.2, -0.15) is 10.2 Å². The second-order valence-corrected chi connectivity index (χ2v) is 7.17. The van der Waals surface area contributed by atoms with Gasteiger partial charge in [0.25, 0.3) is 5.91 Å². The molecule has 1 amide bonds. The van der Waals surface area contributed by atoms with Crippen LogP contribution in [0.2, 0.25) is 0 Å². The van der Waals surface area contributed by atoms with Gasteiger partial charge in [0.1, 0.15) is 4.83 Å². The molecule has 0 saturated carbocycles. The van der Waals surface area contributed by atoms with E-state index >= 15 is 0 Å². The molecule has 3 aromatic heterocycles. The monoisotopic (exact) mass is 354 g/mol. The highest BCUT2D eigenvalue weighted by Gasteiger charge is 2.20. The number of aryl methyl sites for hydroxylation is 1. The van der Waals surface area contributed by atoms with Gasteiger partial charge in [0.15, 0.2) is 0 Å². The summed E-state index contributed by atoms with van der Waals surface area (Å²) in [6, 6.07) is 0.0630. The molecular weight excluding hydrogens is 336 g/mol.